The van der Waals surface area contributed by atoms with Crippen molar-refractivity contribution in [1.29, 1.82) is 0 Å². The van der Waals surface area contributed by atoms with Crippen LogP contribution in [-0.4, -0.2) is 16.5 Å². The molecule has 0 aromatic carbocycles. The maximum absolute atomic E-state index is 9.24. The second-order valence-corrected chi connectivity index (χ2v) is 3.60. The molecule has 0 aromatic heterocycles. The van der Waals surface area contributed by atoms with Crippen molar-refractivity contribution in [2.75, 3.05) is 5.33 Å². The van der Waals surface area contributed by atoms with Gasteiger partial charge in [0.1, 0.15) is 6.10 Å². The van der Waals surface area contributed by atoms with Gasteiger partial charge in [-0.15, -0.1) is 5.92 Å². The summed E-state index contributed by atoms with van der Waals surface area (Å²) >= 11 is 3.32. The summed E-state index contributed by atoms with van der Waals surface area (Å²) in [6, 6.07) is 0. The lowest BCUT2D eigenvalue weighted by molar-refractivity contribution is 0.181. The van der Waals surface area contributed by atoms with E-state index in [1.165, 1.54) is 0 Å². The molecule has 64 valence electrons. The predicted molar refractivity (Wildman–Crippen MR) is 51.6 cm³/mol. The van der Waals surface area contributed by atoms with Gasteiger partial charge in [-0.25, -0.2) is 0 Å². The number of alkyl halides is 1. The van der Waals surface area contributed by atoms with Gasteiger partial charge in [-0.05, 0) is 12.3 Å². The Labute approximate surface area is 77.3 Å². The molecule has 0 saturated carbocycles. The summed E-state index contributed by atoms with van der Waals surface area (Å²) in [6.45, 7) is 3.92. The molecule has 0 bridgehead atoms. The van der Waals surface area contributed by atoms with Crippen LogP contribution in [0.5, 0.6) is 0 Å². The van der Waals surface area contributed by atoms with Crippen molar-refractivity contribution in [2.45, 2.75) is 32.8 Å². The van der Waals surface area contributed by atoms with Crippen LogP contribution in [0.15, 0.2) is 0 Å². The third kappa shape index (κ3) is 6.40. The number of hydrogen-bond acceptors (Lipinski definition) is 1. The molecule has 0 aromatic rings. The van der Waals surface area contributed by atoms with Gasteiger partial charge in [-0.3, -0.25) is 0 Å². The number of hydrogen-bond donors (Lipinski definition) is 1. The first-order valence-corrected chi connectivity index (χ1v) is 5.03. The Hall–Kier alpha value is 0. The minimum absolute atomic E-state index is 0.242. The molecule has 1 unspecified atom stereocenters. The topological polar surface area (TPSA) is 20.2 Å². The second-order valence-electron chi connectivity index (χ2n) is 2.80. The fourth-order valence-corrected chi connectivity index (χ4v) is 0.779. The SMILES string of the molecule is CC(C)C(O)C#CCCCBr. The van der Waals surface area contributed by atoms with Crippen LogP contribution in [0.4, 0.5) is 0 Å². The van der Waals surface area contributed by atoms with Crippen LogP contribution in [-0.2, 0) is 0 Å². The van der Waals surface area contributed by atoms with Gasteiger partial charge >= 0.3 is 0 Å². The molecule has 1 nitrogen and oxygen atoms in total. The fraction of sp³-hybridized carbons (Fsp3) is 0.778. The van der Waals surface area contributed by atoms with Crippen molar-refractivity contribution in [3.63, 3.8) is 0 Å². The zero-order chi connectivity index (χ0) is 8.69. The standard InChI is InChI=1S/C9H15BrO/c1-8(2)9(11)6-4-3-5-7-10/h8-9,11H,3,5,7H2,1-2H3. The molecule has 0 aliphatic carbocycles. The molecule has 0 spiro atoms. The summed E-state index contributed by atoms with van der Waals surface area (Å²) in [4.78, 5) is 0. The van der Waals surface area contributed by atoms with Crippen LogP contribution in [0.25, 0.3) is 0 Å². The molecule has 0 amide bonds. The monoisotopic (exact) mass is 218 g/mol. The van der Waals surface area contributed by atoms with Crippen LogP contribution < -0.4 is 0 Å². The molecule has 0 aliphatic heterocycles. The van der Waals surface area contributed by atoms with Gasteiger partial charge in [-0.2, -0.15) is 0 Å². The van der Waals surface area contributed by atoms with Crippen molar-refractivity contribution >= 4 is 15.9 Å². The highest BCUT2D eigenvalue weighted by Crippen LogP contribution is 1.99. The summed E-state index contributed by atoms with van der Waals surface area (Å²) in [5.74, 6) is 5.98. The fourth-order valence-electron chi connectivity index (χ4n) is 0.499. The molecule has 0 radical (unpaired) electrons. The maximum atomic E-state index is 9.24. The Morgan fingerprint density at radius 3 is 2.55 bits per heavy atom. The number of aliphatic hydroxyl groups excluding tert-OH is 1. The lowest BCUT2D eigenvalue weighted by Crippen LogP contribution is -2.11. The zero-order valence-corrected chi connectivity index (χ0v) is 8.69. The number of unbranched alkanes of at least 4 members (excludes halogenated alkanes) is 1. The summed E-state index contributed by atoms with van der Waals surface area (Å²) in [7, 11) is 0. The second kappa shape index (κ2) is 6.69. The van der Waals surface area contributed by atoms with Crippen molar-refractivity contribution in [2.24, 2.45) is 5.92 Å². The van der Waals surface area contributed by atoms with E-state index >= 15 is 0 Å². The predicted octanol–water partition coefficient (Wildman–Crippen LogP) is 2.18. The normalized spacial score (nSPS) is 12.5. The van der Waals surface area contributed by atoms with E-state index in [9.17, 15) is 5.11 Å². The van der Waals surface area contributed by atoms with E-state index < -0.39 is 6.10 Å². The minimum atomic E-state index is -0.453. The van der Waals surface area contributed by atoms with Gasteiger partial charge < -0.3 is 5.11 Å². The maximum Gasteiger partial charge on any atom is 0.117 e. The van der Waals surface area contributed by atoms with Crippen LogP contribution in [0.2, 0.25) is 0 Å². The first-order valence-electron chi connectivity index (χ1n) is 3.91. The van der Waals surface area contributed by atoms with E-state index in [2.05, 4.69) is 27.8 Å². The van der Waals surface area contributed by atoms with E-state index in [4.69, 9.17) is 0 Å². The molecule has 11 heavy (non-hydrogen) atoms. The molecular formula is C9H15BrO. The van der Waals surface area contributed by atoms with Gasteiger partial charge in [0.2, 0.25) is 0 Å². The van der Waals surface area contributed by atoms with Crippen molar-refractivity contribution in [1.82, 2.24) is 0 Å². The van der Waals surface area contributed by atoms with Gasteiger partial charge in [0, 0.05) is 11.8 Å². The average molecular weight is 219 g/mol. The van der Waals surface area contributed by atoms with Crippen molar-refractivity contribution in [3.05, 3.63) is 0 Å². The quantitative estimate of drug-likeness (QED) is 0.438. The highest BCUT2D eigenvalue weighted by Gasteiger charge is 2.02. The number of rotatable bonds is 3. The summed E-state index contributed by atoms with van der Waals surface area (Å²) in [6.07, 6.45) is 1.47. The molecule has 0 fully saturated rings. The molecule has 0 heterocycles. The van der Waals surface area contributed by atoms with E-state index in [0.717, 1.165) is 18.2 Å². The Morgan fingerprint density at radius 1 is 1.45 bits per heavy atom. The lowest BCUT2D eigenvalue weighted by atomic mass is 10.1. The van der Waals surface area contributed by atoms with Crippen LogP contribution >= 0.6 is 15.9 Å². The first kappa shape index (κ1) is 11.0. The highest BCUT2D eigenvalue weighted by atomic mass is 79.9. The Bertz CT molecular complexity index is 143. The van der Waals surface area contributed by atoms with Gasteiger partial charge in [0.25, 0.3) is 0 Å². The third-order valence-electron chi connectivity index (χ3n) is 1.32. The largest absolute Gasteiger partial charge is 0.380 e. The van der Waals surface area contributed by atoms with Crippen molar-refractivity contribution in [3.8, 4) is 11.8 Å². The highest BCUT2D eigenvalue weighted by molar-refractivity contribution is 9.09. The van der Waals surface area contributed by atoms with Crippen LogP contribution in [0.1, 0.15) is 26.7 Å². The summed E-state index contributed by atoms with van der Waals surface area (Å²) in [5.41, 5.74) is 0. The first-order chi connectivity index (χ1) is 5.18. The van der Waals surface area contributed by atoms with E-state index in [1.54, 1.807) is 0 Å². The number of halogens is 1. The average Bonchev–Trinajstić information content (AvgIpc) is 1.97. The molecule has 2 heteroatoms. The van der Waals surface area contributed by atoms with E-state index in [1.807, 2.05) is 13.8 Å². The van der Waals surface area contributed by atoms with Crippen LogP contribution in [0, 0.1) is 17.8 Å². The molecule has 1 N–H and O–H groups in total. The Morgan fingerprint density at radius 2 is 2.09 bits per heavy atom. The summed E-state index contributed by atoms with van der Waals surface area (Å²) < 4.78 is 0. The van der Waals surface area contributed by atoms with Gasteiger partial charge in [-0.1, -0.05) is 35.7 Å². The van der Waals surface area contributed by atoms with E-state index in [0.29, 0.717) is 0 Å². The lowest BCUT2D eigenvalue weighted by Gasteiger charge is -2.04. The zero-order valence-electron chi connectivity index (χ0n) is 7.10. The molecule has 0 aliphatic rings. The van der Waals surface area contributed by atoms with E-state index in [-0.39, 0.29) is 5.92 Å². The van der Waals surface area contributed by atoms with Gasteiger partial charge in [0.05, 0.1) is 0 Å². The number of aliphatic hydroxyl groups is 1. The van der Waals surface area contributed by atoms with Crippen LogP contribution in [0.3, 0.4) is 0 Å². The smallest absolute Gasteiger partial charge is 0.117 e. The molecule has 0 rings (SSSR count). The van der Waals surface area contributed by atoms with Crippen molar-refractivity contribution < 1.29 is 5.11 Å². The summed E-state index contributed by atoms with van der Waals surface area (Å²) in [5, 5.41) is 10.2. The molecule has 1 atom stereocenters. The minimum Gasteiger partial charge on any atom is -0.380 e. The molecule has 0 saturated heterocycles. The third-order valence-corrected chi connectivity index (χ3v) is 1.88. The Kier molecular flexibility index (Phi) is 6.69. The van der Waals surface area contributed by atoms with Gasteiger partial charge in [0.15, 0.2) is 0 Å². The molecular weight excluding hydrogens is 204 g/mol. The Balaban J connectivity index is 3.51.